The molecular formula is C20H20N2O3. The number of hydrogen-bond donors (Lipinski definition) is 1. The van der Waals surface area contributed by atoms with Crippen molar-refractivity contribution in [1.82, 2.24) is 5.32 Å². The van der Waals surface area contributed by atoms with E-state index in [0.717, 1.165) is 11.3 Å². The van der Waals surface area contributed by atoms with Crippen LogP contribution in [0.4, 0.5) is 0 Å². The van der Waals surface area contributed by atoms with E-state index in [1.807, 2.05) is 24.3 Å². The molecule has 1 amide bonds. The Hall–Kier alpha value is -3.00. The first-order valence-corrected chi connectivity index (χ1v) is 8.29. The molecule has 0 aromatic heterocycles. The molecule has 25 heavy (non-hydrogen) atoms. The molecule has 1 atom stereocenters. The topological polar surface area (TPSA) is 71.4 Å². The molecule has 1 aliphatic heterocycles. The van der Waals surface area contributed by atoms with E-state index in [9.17, 15) is 4.79 Å². The number of nitrogens with one attached hydrogen (secondary N) is 1. The third-order valence-corrected chi connectivity index (χ3v) is 4.15. The van der Waals surface area contributed by atoms with Crippen LogP contribution in [0.3, 0.4) is 0 Å². The van der Waals surface area contributed by atoms with Crippen LogP contribution in [-0.2, 0) is 0 Å². The standard InChI is InChI=1S/C20H20N2O3/c1-13(2)19(16-7-8-17-18(11-16)25-10-9-24-17)22-20(23)15-5-3-14(12-21)4-6-15/h3-8,11,13,19H,9-10H2,1-2H3,(H,22,23). The maximum atomic E-state index is 12.6. The predicted molar refractivity (Wildman–Crippen MR) is 93.6 cm³/mol. The third kappa shape index (κ3) is 3.74. The zero-order valence-electron chi connectivity index (χ0n) is 14.3. The van der Waals surface area contributed by atoms with E-state index in [4.69, 9.17) is 14.7 Å². The Morgan fingerprint density at radius 2 is 1.76 bits per heavy atom. The van der Waals surface area contributed by atoms with Crippen molar-refractivity contribution in [3.05, 3.63) is 59.2 Å². The first-order chi connectivity index (χ1) is 12.1. The lowest BCUT2D eigenvalue weighted by atomic mass is 9.95. The molecule has 2 aromatic rings. The van der Waals surface area contributed by atoms with Crippen molar-refractivity contribution in [3.63, 3.8) is 0 Å². The van der Waals surface area contributed by atoms with Crippen LogP contribution >= 0.6 is 0 Å². The fourth-order valence-electron chi connectivity index (χ4n) is 2.81. The molecule has 1 unspecified atom stereocenters. The number of carbonyl (C=O) groups is 1. The molecule has 0 spiro atoms. The summed E-state index contributed by atoms with van der Waals surface area (Å²) >= 11 is 0. The number of nitriles is 1. The van der Waals surface area contributed by atoms with Crippen LogP contribution in [0.25, 0.3) is 0 Å². The summed E-state index contributed by atoms with van der Waals surface area (Å²) < 4.78 is 11.2. The minimum absolute atomic E-state index is 0.154. The maximum Gasteiger partial charge on any atom is 0.251 e. The highest BCUT2D eigenvalue weighted by Crippen LogP contribution is 2.34. The Morgan fingerprint density at radius 3 is 2.40 bits per heavy atom. The lowest BCUT2D eigenvalue weighted by Crippen LogP contribution is -2.31. The maximum absolute atomic E-state index is 12.6. The third-order valence-electron chi connectivity index (χ3n) is 4.15. The molecule has 0 fully saturated rings. The highest BCUT2D eigenvalue weighted by atomic mass is 16.6. The van der Waals surface area contributed by atoms with Gasteiger partial charge in [-0.25, -0.2) is 0 Å². The molecule has 1 aliphatic rings. The summed E-state index contributed by atoms with van der Waals surface area (Å²) in [7, 11) is 0. The summed E-state index contributed by atoms with van der Waals surface area (Å²) in [6, 6.07) is 14.3. The van der Waals surface area contributed by atoms with Gasteiger partial charge in [0.2, 0.25) is 0 Å². The van der Waals surface area contributed by atoms with Gasteiger partial charge in [0.05, 0.1) is 17.7 Å². The van der Waals surface area contributed by atoms with Crippen LogP contribution in [0.5, 0.6) is 11.5 Å². The molecule has 2 aromatic carbocycles. The average Bonchev–Trinajstić information content (AvgIpc) is 2.65. The van der Waals surface area contributed by atoms with Crippen LogP contribution in [0, 0.1) is 17.2 Å². The van der Waals surface area contributed by atoms with E-state index in [0.29, 0.717) is 30.1 Å². The Bertz CT molecular complexity index is 807. The minimum Gasteiger partial charge on any atom is -0.486 e. The van der Waals surface area contributed by atoms with Gasteiger partial charge in [0.15, 0.2) is 11.5 Å². The van der Waals surface area contributed by atoms with E-state index in [-0.39, 0.29) is 17.9 Å². The number of fused-ring (bicyclic) bond motifs is 1. The normalized spacial score (nSPS) is 13.8. The quantitative estimate of drug-likeness (QED) is 0.928. The van der Waals surface area contributed by atoms with Gasteiger partial charge in [-0.3, -0.25) is 4.79 Å². The molecule has 1 heterocycles. The van der Waals surface area contributed by atoms with Gasteiger partial charge in [0, 0.05) is 5.56 Å². The Labute approximate surface area is 147 Å². The average molecular weight is 336 g/mol. The number of benzene rings is 2. The Morgan fingerprint density at radius 1 is 1.08 bits per heavy atom. The predicted octanol–water partition coefficient (Wildman–Crippen LogP) is 3.46. The van der Waals surface area contributed by atoms with Gasteiger partial charge >= 0.3 is 0 Å². The monoisotopic (exact) mass is 336 g/mol. The van der Waals surface area contributed by atoms with Gasteiger partial charge in [-0.15, -0.1) is 0 Å². The van der Waals surface area contributed by atoms with Crippen molar-refractivity contribution in [2.75, 3.05) is 13.2 Å². The number of nitrogens with zero attached hydrogens (tertiary/aromatic N) is 1. The number of rotatable bonds is 4. The van der Waals surface area contributed by atoms with Crippen molar-refractivity contribution in [3.8, 4) is 17.6 Å². The first-order valence-electron chi connectivity index (χ1n) is 8.29. The van der Waals surface area contributed by atoms with Gasteiger partial charge in [0.1, 0.15) is 13.2 Å². The van der Waals surface area contributed by atoms with Crippen LogP contribution in [0.1, 0.15) is 41.4 Å². The number of ether oxygens (including phenoxy) is 2. The zero-order chi connectivity index (χ0) is 17.8. The van der Waals surface area contributed by atoms with Gasteiger partial charge in [-0.2, -0.15) is 5.26 Å². The van der Waals surface area contributed by atoms with E-state index in [2.05, 4.69) is 19.2 Å². The van der Waals surface area contributed by atoms with Crippen LogP contribution < -0.4 is 14.8 Å². The van der Waals surface area contributed by atoms with Gasteiger partial charge in [0.25, 0.3) is 5.91 Å². The van der Waals surface area contributed by atoms with Crippen molar-refractivity contribution in [1.29, 1.82) is 5.26 Å². The molecular weight excluding hydrogens is 316 g/mol. The van der Waals surface area contributed by atoms with E-state index < -0.39 is 0 Å². The highest BCUT2D eigenvalue weighted by molar-refractivity contribution is 5.94. The summed E-state index contributed by atoms with van der Waals surface area (Å²) in [6.45, 7) is 5.19. The Balaban J connectivity index is 1.81. The fraction of sp³-hybridized carbons (Fsp3) is 0.300. The molecule has 0 saturated heterocycles. The fourth-order valence-corrected chi connectivity index (χ4v) is 2.81. The van der Waals surface area contributed by atoms with E-state index in [1.165, 1.54) is 0 Å². The molecule has 5 nitrogen and oxygen atoms in total. The smallest absolute Gasteiger partial charge is 0.251 e. The summed E-state index contributed by atoms with van der Waals surface area (Å²) in [6.07, 6.45) is 0. The minimum atomic E-state index is -0.168. The Kier molecular flexibility index (Phi) is 4.90. The van der Waals surface area contributed by atoms with Gasteiger partial charge < -0.3 is 14.8 Å². The molecule has 0 saturated carbocycles. The molecule has 128 valence electrons. The van der Waals surface area contributed by atoms with Crippen molar-refractivity contribution < 1.29 is 14.3 Å². The van der Waals surface area contributed by atoms with Gasteiger partial charge in [-0.1, -0.05) is 19.9 Å². The van der Waals surface area contributed by atoms with Crippen LogP contribution in [0.15, 0.2) is 42.5 Å². The molecule has 0 radical (unpaired) electrons. The summed E-state index contributed by atoms with van der Waals surface area (Å²) in [5.41, 5.74) is 2.03. The molecule has 5 heteroatoms. The summed E-state index contributed by atoms with van der Waals surface area (Å²) in [4.78, 5) is 12.6. The van der Waals surface area contributed by atoms with Gasteiger partial charge in [-0.05, 0) is 47.9 Å². The molecule has 3 rings (SSSR count). The zero-order valence-corrected chi connectivity index (χ0v) is 14.3. The molecule has 1 N–H and O–H groups in total. The summed E-state index contributed by atoms with van der Waals surface area (Å²) in [5.74, 6) is 1.47. The largest absolute Gasteiger partial charge is 0.486 e. The van der Waals surface area contributed by atoms with Crippen molar-refractivity contribution in [2.24, 2.45) is 5.92 Å². The lowest BCUT2D eigenvalue weighted by molar-refractivity contribution is 0.0925. The first kappa shape index (κ1) is 16.8. The number of carbonyl (C=O) groups excluding carboxylic acids is 1. The van der Waals surface area contributed by atoms with Crippen LogP contribution in [-0.4, -0.2) is 19.1 Å². The van der Waals surface area contributed by atoms with Crippen LogP contribution in [0.2, 0.25) is 0 Å². The number of amides is 1. The van der Waals surface area contributed by atoms with E-state index in [1.54, 1.807) is 24.3 Å². The summed E-state index contributed by atoms with van der Waals surface area (Å²) in [5, 5.41) is 11.9. The second-order valence-electron chi connectivity index (χ2n) is 6.29. The van der Waals surface area contributed by atoms with E-state index >= 15 is 0 Å². The molecule has 0 bridgehead atoms. The second-order valence-corrected chi connectivity index (χ2v) is 6.29. The van der Waals surface area contributed by atoms with Crippen molar-refractivity contribution in [2.45, 2.75) is 19.9 Å². The number of hydrogen-bond acceptors (Lipinski definition) is 4. The SMILES string of the molecule is CC(C)C(NC(=O)c1ccc(C#N)cc1)c1ccc2c(c1)OCCO2. The highest BCUT2D eigenvalue weighted by Gasteiger charge is 2.22. The van der Waals surface area contributed by atoms with Crippen molar-refractivity contribution >= 4 is 5.91 Å². The molecule has 0 aliphatic carbocycles. The second kappa shape index (κ2) is 7.27. The lowest BCUT2D eigenvalue weighted by Gasteiger charge is -2.25.